The Morgan fingerprint density at radius 3 is 2.84 bits per heavy atom. The Kier molecular flexibility index (Phi) is 5.65. The number of likely N-dealkylation sites (tertiary alicyclic amines) is 1. The Hall–Kier alpha value is -3.22. The molecular weight excluding hydrogens is 390 g/mol. The van der Waals surface area contributed by atoms with Crippen LogP contribution in [0.2, 0.25) is 0 Å². The number of pyridine rings is 1. The van der Waals surface area contributed by atoms with E-state index < -0.39 is 0 Å². The van der Waals surface area contributed by atoms with Crippen molar-refractivity contribution in [3.63, 3.8) is 0 Å². The number of aromatic nitrogens is 4. The number of hydrogen-bond acceptors (Lipinski definition) is 5. The zero-order valence-corrected chi connectivity index (χ0v) is 17.6. The Labute approximate surface area is 182 Å². The van der Waals surface area contributed by atoms with Gasteiger partial charge in [0.05, 0.1) is 6.04 Å². The maximum absolute atomic E-state index is 13.4. The topological polar surface area (TPSA) is 73.1 Å². The molecule has 2 aromatic heterocycles. The third kappa shape index (κ3) is 4.17. The molecule has 0 aliphatic carbocycles. The van der Waals surface area contributed by atoms with Crippen LogP contribution in [0.3, 0.4) is 0 Å². The number of nitrogens with zero attached hydrogens (tertiary/aromatic N) is 5. The van der Waals surface area contributed by atoms with Crippen molar-refractivity contribution in [2.75, 3.05) is 6.54 Å². The lowest BCUT2D eigenvalue weighted by molar-refractivity contribution is 0.0726. The molecule has 0 saturated carbocycles. The number of rotatable bonds is 5. The van der Waals surface area contributed by atoms with Crippen LogP contribution >= 0.6 is 0 Å². The first-order valence-corrected chi connectivity index (χ1v) is 11.2. The predicted octanol–water partition coefficient (Wildman–Crippen LogP) is 3.96. The van der Waals surface area contributed by atoms with Crippen molar-refractivity contribution in [3.05, 3.63) is 71.4 Å². The van der Waals surface area contributed by atoms with Crippen LogP contribution in [0.25, 0.3) is 0 Å². The molecule has 31 heavy (non-hydrogen) atoms. The van der Waals surface area contributed by atoms with Crippen molar-refractivity contribution >= 4 is 5.91 Å². The van der Waals surface area contributed by atoms with Gasteiger partial charge in [-0.15, -0.1) is 10.2 Å². The van der Waals surface area contributed by atoms with E-state index in [4.69, 9.17) is 4.74 Å². The fourth-order valence-corrected chi connectivity index (χ4v) is 4.55. The number of aryl methyl sites for hydroxylation is 1. The molecule has 1 fully saturated rings. The summed E-state index contributed by atoms with van der Waals surface area (Å²) < 4.78 is 8.08. The van der Waals surface area contributed by atoms with E-state index in [1.54, 1.807) is 18.3 Å². The average molecular weight is 418 g/mol. The fourth-order valence-electron chi connectivity index (χ4n) is 4.55. The van der Waals surface area contributed by atoms with Crippen LogP contribution in [0.15, 0.2) is 48.7 Å². The SMILES string of the molecule is O=C(c1ccnc(OCc2ccccc2)c1)N1CCCC1c1nnc2n1CCCCC2. The molecule has 2 aliphatic rings. The summed E-state index contributed by atoms with van der Waals surface area (Å²) in [5.74, 6) is 2.46. The van der Waals surface area contributed by atoms with Gasteiger partial charge < -0.3 is 14.2 Å². The molecule has 1 atom stereocenters. The lowest BCUT2D eigenvalue weighted by atomic mass is 10.1. The van der Waals surface area contributed by atoms with E-state index in [-0.39, 0.29) is 11.9 Å². The molecule has 4 heterocycles. The van der Waals surface area contributed by atoms with Gasteiger partial charge >= 0.3 is 0 Å². The standard InChI is InChI=1S/C24H27N5O2/c30-24(19-12-13-25-22(16-19)31-17-18-8-3-1-4-9-18)28-15-7-10-20(28)23-27-26-21-11-5-2-6-14-29(21)23/h1,3-4,8-9,12-13,16,20H,2,5-7,10-11,14-15,17H2. The lowest BCUT2D eigenvalue weighted by Gasteiger charge is -2.25. The molecular formula is C24H27N5O2. The maximum Gasteiger partial charge on any atom is 0.254 e. The minimum atomic E-state index is -0.0197. The van der Waals surface area contributed by atoms with Gasteiger partial charge in [0.25, 0.3) is 5.91 Å². The maximum atomic E-state index is 13.4. The average Bonchev–Trinajstić information content (AvgIpc) is 3.39. The first-order chi connectivity index (χ1) is 15.3. The van der Waals surface area contributed by atoms with Crippen LogP contribution < -0.4 is 4.74 Å². The molecule has 2 aliphatic heterocycles. The number of fused-ring (bicyclic) bond motifs is 1. The van der Waals surface area contributed by atoms with Crippen LogP contribution in [-0.2, 0) is 19.6 Å². The van der Waals surface area contributed by atoms with E-state index in [0.29, 0.717) is 18.1 Å². The minimum Gasteiger partial charge on any atom is -0.473 e. The molecule has 160 valence electrons. The highest BCUT2D eigenvalue weighted by molar-refractivity contribution is 5.94. The van der Waals surface area contributed by atoms with E-state index in [1.165, 1.54) is 6.42 Å². The van der Waals surface area contributed by atoms with Crippen LogP contribution in [-0.4, -0.2) is 37.1 Å². The minimum absolute atomic E-state index is 0.000401. The second-order valence-electron chi connectivity index (χ2n) is 8.25. The smallest absolute Gasteiger partial charge is 0.254 e. The molecule has 0 bridgehead atoms. The summed E-state index contributed by atoms with van der Waals surface area (Å²) in [4.78, 5) is 19.6. The molecule has 1 aromatic carbocycles. The zero-order chi connectivity index (χ0) is 21.0. The van der Waals surface area contributed by atoms with Gasteiger partial charge in [0, 0.05) is 37.3 Å². The highest BCUT2D eigenvalue weighted by Crippen LogP contribution is 2.33. The van der Waals surface area contributed by atoms with Gasteiger partial charge in [0.2, 0.25) is 5.88 Å². The molecule has 7 heteroatoms. The molecule has 1 unspecified atom stereocenters. The van der Waals surface area contributed by atoms with Gasteiger partial charge in [-0.2, -0.15) is 0 Å². The molecule has 1 saturated heterocycles. The summed E-state index contributed by atoms with van der Waals surface area (Å²) in [5.41, 5.74) is 1.66. The van der Waals surface area contributed by atoms with Gasteiger partial charge in [0.1, 0.15) is 12.4 Å². The van der Waals surface area contributed by atoms with Gasteiger partial charge in [0.15, 0.2) is 5.82 Å². The number of amides is 1. The Balaban J connectivity index is 1.33. The largest absolute Gasteiger partial charge is 0.473 e. The van der Waals surface area contributed by atoms with Gasteiger partial charge in [-0.25, -0.2) is 4.98 Å². The van der Waals surface area contributed by atoms with E-state index in [0.717, 1.165) is 62.4 Å². The summed E-state index contributed by atoms with van der Waals surface area (Å²) in [6.45, 7) is 2.10. The summed E-state index contributed by atoms with van der Waals surface area (Å²) in [7, 11) is 0. The molecule has 5 rings (SSSR count). The number of benzene rings is 1. The highest BCUT2D eigenvalue weighted by Gasteiger charge is 2.35. The van der Waals surface area contributed by atoms with Crippen LogP contribution in [0.4, 0.5) is 0 Å². The molecule has 7 nitrogen and oxygen atoms in total. The lowest BCUT2D eigenvalue weighted by Crippen LogP contribution is -2.32. The van der Waals surface area contributed by atoms with E-state index in [2.05, 4.69) is 19.7 Å². The molecule has 0 spiro atoms. The number of ether oxygens (including phenoxy) is 1. The molecule has 0 N–H and O–H groups in total. The van der Waals surface area contributed by atoms with E-state index >= 15 is 0 Å². The van der Waals surface area contributed by atoms with Crippen LogP contribution in [0.1, 0.15) is 65.7 Å². The Morgan fingerprint density at radius 1 is 1.03 bits per heavy atom. The molecule has 3 aromatic rings. The predicted molar refractivity (Wildman–Crippen MR) is 116 cm³/mol. The quantitative estimate of drug-likeness (QED) is 0.628. The van der Waals surface area contributed by atoms with Crippen molar-refractivity contribution in [2.24, 2.45) is 0 Å². The Morgan fingerprint density at radius 2 is 1.94 bits per heavy atom. The monoisotopic (exact) mass is 417 g/mol. The van der Waals surface area contributed by atoms with Crippen molar-refractivity contribution in [2.45, 2.75) is 57.7 Å². The van der Waals surface area contributed by atoms with Crippen molar-refractivity contribution < 1.29 is 9.53 Å². The normalized spacial score (nSPS) is 18.5. The number of carbonyl (C=O) groups is 1. The second kappa shape index (κ2) is 8.88. The van der Waals surface area contributed by atoms with Gasteiger partial charge in [-0.05, 0) is 37.3 Å². The second-order valence-corrected chi connectivity index (χ2v) is 8.25. The van der Waals surface area contributed by atoms with E-state index in [9.17, 15) is 4.79 Å². The van der Waals surface area contributed by atoms with Crippen molar-refractivity contribution in [3.8, 4) is 5.88 Å². The van der Waals surface area contributed by atoms with E-state index in [1.807, 2.05) is 35.2 Å². The number of carbonyl (C=O) groups excluding carboxylic acids is 1. The summed E-state index contributed by atoms with van der Waals surface area (Å²) >= 11 is 0. The third-order valence-corrected chi connectivity index (χ3v) is 6.16. The fraction of sp³-hybridized carbons (Fsp3) is 0.417. The highest BCUT2D eigenvalue weighted by atomic mass is 16.5. The molecule has 1 amide bonds. The Bertz CT molecular complexity index is 1050. The first-order valence-electron chi connectivity index (χ1n) is 11.2. The summed E-state index contributed by atoms with van der Waals surface area (Å²) in [5, 5.41) is 8.95. The third-order valence-electron chi connectivity index (χ3n) is 6.16. The number of hydrogen-bond donors (Lipinski definition) is 0. The van der Waals surface area contributed by atoms with Crippen molar-refractivity contribution in [1.82, 2.24) is 24.6 Å². The summed E-state index contributed by atoms with van der Waals surface area (Å²) in [6, 6.07) is 13.4. The van der Waals surface area contributed by atoms with Gasteiger partial charge in [-0.3, -0.25) is 4.79 Å². The zero-order valence-electron chi connectivity index (χ0n) is 17.6. The summed E-state index contributed by atoms with van der Waals surface area (Å²) in [6.07, 6.45) is 8.04. The first kappa shape index (κ1) is 19.7. The van der Waals surface area contributed by atoms with Gasteiger partial charge in [-0.1, -0.05) is 36.8 Å². The van der Waals surface area contributed by atoms with Crippen molar-refractivity contribution in [1.29, 1.82) is 0 Å². The van der Waals surface area contributed by atoms with Crippen LogP contribution in [0.5, 0.6) is 5.88 Å². The molecule has 0 radical (unpaired) electrons. The van der Waals surface area contributed by atoms with Crippen LogP contribution in [0, 0.1) is 0 Å².